The van der Waals surface area contributed by atoms with E-state index in [9.17, 15) is 24.5 Å². The van der Waals surface area contributed by atoms with Crippen LogP contribution in [0, 0.1) is 33.8 Å². The fourth-order valence-electron chi connectivity index (χ4n) is 4.51. The molecule has 1 heterocycles. The molecular weight excluding hydrogens is 350 g/mol. The molecule has 1 aliphatic heterocycles. The van der Waals surface area contributed by atoms with Crippen LogP contribution in [0.3, 0.4) is 0 Å². The van der Waals surface area contributed by atoms with Crippen molar-refractivity contribution in [1.29, 1.82) is 0 Å². The molecule has 0 unspecified atom stereocenters. The van der Waals surface area contributed by atoms with Crippen LogP contribution in [0.15, 0.2) is 36.4 Å². The van der Waals surface area contributed by atoms with E-state index in [-0.39, 0.29) is 41.2 Å². The van der Waals surface area contributed by atoms with Gasteiger partial charge in [-0.2, -0.15) is 0 Å². The highest BCUT2D eigenvalue weighted by Gasteiger charge is 2.58. The quantitative estimate of drug-likeness (QED) is 0.378. The molecule has 1 N–H and O–H groups in total. The van der Waals surface area contributed by atoms with Crippen molar-refractivity contribution in [2.24, 2.45) is 23.7 Å². The van der Waals surface area contributed by atoms with Crippen LogP contribution < -0.4 is 5.32 Å². The van der Waals surface area contributed by atoms with Gasteiger partial charge in [-0.05, 0) is 43.7 Å². The summed E-state index contributed by atoms with van der Waals surface area (Å²) in [6, 6.07) is 4.46. The SMILES string of the molecule is C[C@H](C(=O)Nc1ccc([N+](=O)[O-])cc1)N1C(=O)[C@@H]2[C@@H](C1=O)[C@H]1C=C[C@H]2CC1. The highest BCUT2D eigenvalue weighted by atomic mass is 16.6. The maximum atomic E-state index is 12.9. The third-order valence-electron chi connectivity index (χ3n) is 5.91. The number of nitrogens with zero attached hydrogens (tertiary/aromatic N) is 2. The molecule has 27 heavy (non-hydrogen) atoms. The number of carbonyl (C=O) groups is 3. The number of anilines is 1. The minimum absolute atomic E-state index is 0.0754. The van der Waals surface area contributed by atoms with Crippen LogP contribution in [-0.4, -0.2) is 33.6 Å². The average molecular weight is 369 g/mol. The lowest BCUT2D eigenvalue weighted by molar-refractivity contribution is -0.384. The van der Waals surface area contributed by atoms with E-state index in [0.29, 0.717) is 5.69 Å². The molecule has 5 atom stereocenters. The van der Waals surface area contributed by atoms with Gasteiger partial charge in [0.1, 0.15) is 6.04 Å². The van der Waals surface area contributed by atoms with Gasteiger partial charge in [0, 0.05) is 17.8 Å². The predicted molar refractivity (Wildman–Crippen MR) is 95.4 cm³/mol. The number of fused-ring (bicyclic) bond motifs is 1. The molecule has 0 spiro atoms. The number of benzene rings is 1. The van der Waals surface area contributed by atoms with Gasteiger partial charge in [0.25, 0.3) is 5.69 Å². The van der Waals surface area contributed by atoms with Crippen molar-refractivity contribution in [3.63, 3.8) is 0 Å². The standard InChI is InChI=1S/C19H19N3O5/c1-10(17(23)20-13-6-8-14(9-7-13)22(26)27)21-18(24)15-11-2-3-12(5-4-11)16(15)19(21)25/h2-3,6-12,15-16H,4-5H2,1H3,(H,20,23)/t10-,11+,12+,15+,16+/m1/s1. The van der Waals surface area contributed by atoms with Crippen molar-refractivity contribution in [3.05, 3.63) is 46.5 Å². The van der Waals surface area contributed by atoms with Crippen LogP contribution in [0.2, 0.25) is 0 Å². The van der Waals surface area contributed by atoms with Crippen molar-refractivity contribution in [1.82, 2.24) is 4.90 Å². The van der Waals surface area contributed by atoms with Gasteiger partial charge < -0.3 is 5.32 Å². The Labute approximate surface area is 155 Å². The third-order valence-corrected chi connectivity index (χ3v) is 5.91. The van der Waals surface area contributed by atoms with Crippen molar-refractivity contribution in [3.8, 4) is 0 Å². The first kappa shape index (κ1) is 17.4. The molecule has 1 saturated heterocycles. The Hall–Kier alpha value is -3.03. The number of carbonyl (C=O) groups excluding carboxylic acids is 3. The Morgan fingerprint density at radius 2 is 1.63 bits per heavy atom. The molecule has 1 aromatic rings. The maximum Gasteiger partial charge on any atom is 0.269 e. The Morgan fingerprint density at radius 3 is 2.07 bits per heavy atom. The zero-order valence-electron chi connectivity index (χ0n) is 14.7. The first-order valence-electron chi connectivity index (χ1n) is 8.99. The van der Waals surface area contributed by atoms with E-state index in [1.54, 1.807) is 0 Å². The monoisotopic (exact) mass is 369 g/mol. The lowest BCUT2D eigenvalue weighted by Gasteiger charge is -2.38. The fraction of sp³-hybridized carbons (Fsp3) is 0.421. The van der Waals surface area contributed by atoms with Crippen molar-refractivity contribution < 1.29 is 19.3 Å². The molecule has 2 fully saturated rings. The Kier molecular flexibility index (Phi) is 4.05. The minimum atomic E-state index is -0.940. The number of nitro benzene ring substituents is 1. The summed E-state index contributed by atoms with van der Waals surface area (Å²) in [7, 11) is 0. The van der Waals surface area contributed by atoms with E-state index >= 15 is 0 Å². The average Bonchev–Trinajstić information content (AvgIpc) is 2.95. The Bertz CT molecular complexity index is 831. The molecular formula is C19H19N3O5. The third kappa shape index (κ3) is 2.72. The van der Waals surface area contributed by atoms with Gasteiger partial charge in [-0.3, -0.25) is 29.4 Å². The highest BCUT2D eigenvalue weighted by Crippen LogP contribution is 2.49. The van der Waals surface area contributed by atoms with Gasteiger partial charge in [0.2, 0.25) is 17.7 Å². The summed E-state index contributed by atoms with van der Waals surface area (Å²) < 4.78 is 0. The second kappa shape index (κ2) is 6.29. The lowest BCUT2D eigenvalue weighted by Crippen LogP contribution is -2.46. The predicted octanol–water partition coefficient (Wildman–Crippen LogP) is 2.12. The number of nitro groups is 1. The number of allylic oxidation sites excluding steroid dienone is 2. The number of imide groups is 1. The topological polar surface area (TPSA) is 110 Å². The van der Waals surface area contributed by atoms with Crippen LogP contribution in [-0.2, 0) is 14.4 Å². The Morgan fingerprint density at radius 1 is 1.11 bits per heavy atom. The van der Waals surface area contributed by atoms with Crippen LogP contribution in [0.5, 0.6) is 0 Å². The molecule has 8 nitrogen and oxygen atoms in total. The van der Waals surface area contributed by atoms with Gasteiger partial charge in [-0.1, -0.05) is 12.2 Å². The first-order valence-corrected chi connectivity index (χ1v) is 8.99. The van der Waals surface area contributed by atoms with Crippen LogP contribution in [0.4, 0.5) is 11.4 Å². The molecule has 140 valence electrons. The summed E-state index contributed by atoms with van der Waals surface area (Å²) in [6.45, 7) is 1.53. The number of hydrogen-bond acceptors (Lipinski definition) is 5. The summed E-state index contributed by atoms with van der Waals surface area (Å²) in [4.78, 5) is 49.6. The van der Waals surface area contributed by atoms with Gasteiger partial charge in [0.05, 0.1) is 16.8 Å². The van der Waals surface area contributed by atoms with Crippen molar-refractivity contribution in [2.75, 3.05) is 5.32 Å². The molecule has 4 aliphatic rings. The fourth-order valence-corrected chi connectivity index (χ4v) is 4.51. The number of amides is 3. The first-order chi connectivity index (χ1) is 12.9. The summed E-state index contributed by atoms with van der Waals surface area (Å²) in [5.74, 6) is -1.58. The van der Waals surface area contributed by atoms with Gasteiger partial charge in [-0.25, -0.2) is 0 Å². The van der Waals surface area contributed by atoms with E-state index in [4.69, 9.17) is 0 Å². The maximum absolute atomic E-state index is 12.9. The Balaban J connectivity index is 1.50. The minimum Gasteiger partial charge on any atom is -0.324 e. The summed E-state index contributed by atoms with van der Waals surface area (Å²) >= 11 is 0. The molecule has 8 heteroatoms. The number of likely N-dealkylation sites (tertiary alicyclic amines) is 1. The van der Waals surface area contributed by atoms with Gasteiger partial charge in [0.15, 0.2) is 0 Å². The second-order valence-electron chi connectivity index (χ2n) is 7.36. The summed E-state index contributed by atoms with van der Waals surface area (Å²) in [5, 5.41) is 13.3. The van der Waals surface area contributed by atoms with Gasteiger partial charge >= 0.3 is 0 Å². The van der Waals surface area contributed by atoms with E-state index in [0.717, 1.165) is 17.7 Å². The van der Waals surface area contributed by atoms with Crippen LogP contribution in [0.25, 0.3) is 0 Å². The zero-order valence-corrected chi connectivity index (χ0v) is 14.7. The summed E-state index contributed by atoms with van der Waals surface area (Å²) in [5.41, 5.74) is 0.286. The van der Waals surface area contributed by atoms with Gasteiger partial charge in [-0.15, -0.1) is 0 Å². The molecule has 5 rings (SSSR count). The molecule has 2 bridgehead atoms. The number of non-ortho nitro benzene ring substituents is 1. The van der Waals surface area contributed by atoms with E-state index in [1.165, 1.54) is 31.2 Å². The lowest BCUT2D eigenvalue weighted by atomic mass is 9.63. The molecule has 3 aliphatic carbocycles. The van der Waals surface area contributed by atoms with Crippen LogP contribution >= 0.6 is 0 Å². The van der Waals surface area contributed by atoms with E-state index in [2.05, 4.69) is 5.32 Å². The van der Waals surface area contributed by atoms with Crippen molar-refractivity contribution in [2.45, 2.75) is 25.8 Å². The molecule has 0 aromatic heterocycles. The second-order valence-corrected chi connectivity index (χ2v) is 7.36. The van der Waals surface area contributed by atoms with E-state index in [1.807, 2.05) is 12.2 Å². The number of hydrogen-bond donors (Lipinski definition) is 1. The largest absolute Gasteiger partial charge is 0.324 e. The summed E-state index contributed by atoms with van der Waals surface area (Å²) in [6.07, 6.45) is 5.87. The molecule has 0 radical (unpaired) electrons. The molecule has 1 aromatic carbocycles. The van der Waals surface area contributed by atoms with Crippen LogP contribution in [0.1, 0.15) is 19.8 Å². The molecule has 1 saturated carbocycles. The number of nitrogens with one attached hydrogen (secondary N) is 1. The highest BCUT2D eigenvalue weighted by molar-refractivity contribution is 6.10. The number of rotatable bonds is 4. The normalized spacial score (nSPS) is 29.6. The smallest absolute Gasteiger partial charge is 0.269 e. The molecule has 3 amide bonds. The zero-order chi connectivity index (χ0) is 19.3. The van der Waals surface area contributed by atoms with Crippen molar-refractivity contribution >= 4 is 29.1 Å². The van der Waals surface area contributed by atoms with E-state index < -0.39 is 16.9 Å².